The van der Waals surface area contributed by atoms with E-state index in [1.165, 1.54) is 11.6 Å². The molecular weight excluding hydrogens is 322 g/mol. The highest BCUT2D eigenvalue weighted by Crippen LogP contribution is 2.33. The number of hydrogen-bond acceptors (Lipinski definition) is 3. The number of halogens is 1. The molecule has 1 heterocycles. The molecule has 1 aromatic carbocycles. The predicted molar refractivity (Wildman–Crippen MR) is 79.9 cm³/mol. The summed E-state index contributed by atoms with van der Waals surface area (Å²) in [7, 11) is 0. The molecule has 0 amide bonds. The first-order valence-corrected chi connectivity index (χ1v) is 7.35. The maximum atomic E-state index is 10.8. The summed E-state index contributed by atoms with van der Waals surface area (Å²) >= 11 is 3.59. The zero-order valence-electron chi connectivity index (χ0n) is 11.4. The van der Waals surface area contributed by atoms with Crippen molar-refractivity contribution in [2.75, 3.05) is 0 Å². The van der Waals surface area contributed by atoms with Crippen LogP contribution in [0.25, 0.3) is 11.3 Å². The molecule has 0 aliphatic rings. The van der Waals surface area contributed by atoms with E-state index in [9.17, 15) is 4.79 Å². The number of hydrogen-bond donors (Lipinski definition) is 1. The number of aromatic nitrogens is 1. The SMILES string of the molecule is CCC(CC)c1ccc(-c2cc(C(=O)O)on2)cc1Br. The van der Waals surface area contributed by atoms with Crippen molar-refractivity contribution in [1.82, 2.24) is 5.16 Å². The fourth-order valence-corrected chi connectivity index (χ4v) is 2.96. The van der Waals surface area contributed by atoms with Gasteiger partial charge in [-0.2, -0.15) is 0 Å². The number of rotatable bonds is 5. The topological polar surface area (TPSA) is 63.3 Å². The quantitative estimate of drug-likeness (QED) is 0.858. The van der Waals surface area contributed by atoms with Gasteiger partial charge in [0.2, 0.25) is 5.76 Å². The molecule has 2 aromatic rings. The van der Waals surface area contributed by atoms with Crippen molar-refractivity contribution in [3.05, 3.63) is 40.1 Å². The zero-order valence-corrected chi connectivity index (χ0v) is 13.0. The number of nitrogens with zero attached hydrogens (tertiary/aromatic N) is 1. The van der Waals surface area contributed by atoms with E-state index in [0.717, 1.165) is 22.9 Å². The summed E-state index contributed by atoms with van der Waals surface area (Å²) in [4.78, 5) is 10.8. The summed E-state index contributed by atoms with van der Waals surface area (Å²) in [5.41, 5.74) is 2.63. The van der Waals surface area contributed by atoms with Crippen LogP contribution >= 0.6 is 15.9 Å². The highest BCUT2D eigenvalue weighted by atomic mass is 79.9. The van der Waals surface area contributed by atoms with Gasteiger partial charge >= 0.3 is 5.97 Å². The molecule has 4 nitrogen and oxygen atoms in total. The minimum absolute atomic E-state index is 0.153. The second-order valence-corrected chi connectivity index (χ2v) is 5.49. The van der Waals surface area contributed by atoms with E-state index in [-0.39, 0.29) is 5.76 Å². The fraction of sp³-hybridized carbons (Fsp3) is 0.333. The molecule has 1 N–H and O–H groups in total. The first-order valence-electron chi connectivity index (χ1n) is 6.56. The third kappa shape index (κ3) is 2.93. The van der Waals surface area contributed by atoms with E-state index in [4.69, 9.17) is 9.63 Å². The Morgan fingerprint density at radius 2 is 2.05 bits per heavy atom. The van der Waals surface area contributed by atoms with Gasteiger partial charge in [-0.3, -0.25) is 0 Å². The highest BCUT2D eigenvalue weighted by Gasteiger charge is 2.15. The molecular formula is C15H16BrNO3. The third-order valence-electron chi connectivity index (χ3n) is 3.44. The molecule has 0 fully saturated rings. The molecule has 1 aromatic heterocycles. The summed E-state index contributed by atoms with van der Waals surface area (Å²) in [6.07, 6.45) is 2.17. The van der Waals surface area contributed by atoms with Gasteiger partial charge < -0.3 is 9.63 Å². The maximum Gasteiger partial charge on any atom is 0.374 e. The van der Waals surface area contributed by atoms with Crippen LogP contribution in [0.3, 0.4) is 0 Å². The van der Waals surface area contributed by atoms with Crippen molar-refractivity contribution in [2.45, 2.75) is 32.6 Å². The maximum absolute atomic E-state index is 10.8. The second-order valence-electron chi connectivity index (χ2n) is 4.63. The molecule has 0 radical (unpaired) electrons. The lowest BCUT2D eigenvalue weighted by atomic mass is 9.93. The van der Waals surface area contributed by atoms with E-state index in [2.05, 4.69) is 41.0 Å². The van der Waals surface area contributed by atoms with E-state index in [1.807, 2.05) is 12.1 Å². The largest absolute Gasteiger partial charge is 0.475 e. The number of carboxylic acids is 1. The molecule has 0 bridgehead atoms. The molecule has 0 spiro atoms. The molecule has 0 atom stereocenters. The molecule has 5 heteroatoms. The van der Waals surface area contributed by atoms with Gasteiger partial charge in [0.1, 0.15) is 5.69 Å². The first kappa shape index (κ1) is 14.8. The average molecular weight is 338 g/mol. The van der Waals surface area contributed by atoms with Crippen LogP contribution in [0.4, 0.5) is 0 Å². The number of carbonyl (C=O) groups is 1. The van der Waals surface area contributed by atoms with Crippen LogP contribution in [0.5, 0.6) is 0 Å². The lowest BCUT2D eigenvalue weighted by Gasteiger charge is -2.15. The standard InChI is InChI=1S/C15H16BrNO3/c1-3-9(4-2)11-6-5-10(7-12(11)16)13-8-14(15(18)19)20-17-13/h5-9H,3-4H2,1-2H3,(H,18,19). The smallest absolute Gasteiger partial charge is 0.374 e. The van der Waals surface area contributed by atoms with Crippen LogP contribution in [-0.2, 0) is 0 Å². The van der Waals surface area contributed by atoms with Crippen LogP contribution in [0, 0.1) is 0 Å². The number of carboxylic acid groups (broad SMARTS) is 1. The van der Waals surface area contributed by atoms with Crippen LogP contribution < -0.4 is 0 Å². The molecule has 2 rings (SSSR count). The van der Waals surface area contributed by atoms with Crippen molar-refractivity contribution in [2.24, 2.45) is 0 Å². The van der Waals surface area contributed by atoms with Gasteiger partial charge in [-0.05, 0) is 30.4 Å². The fourth-order valence-electron chi connectivity index (χ4n) is 2.26. The van der Waals surface area contributed by atoms with Crippen molar-refractivity contribution >= 4 is 21.9 Å². The summed E-state index contributed by atoms with van der Waals surface area (Å²) < 4.78 is 5.79. The third-order valence-corrected chi connectivity index (χ3v) is 4.13. The van der Waals surface area contributed by atoms with Gasteiger partial charge in [0, 0.05) is 16.1 Å². The van der Waals surface area contributed by atoms with E-state index in [0.29, 0.717) is 11.6 Å². The Morgan fingerprint density at radius 3 is 2.55 bits per heavy atom. The second kappa shape index (κ2) is 6.22. The van der Waals surface area contributed by atoms with Gasteiger partial charge in [0.05, 0.1) is 0 Å². The van der Waals surface area contributed by atoms with Gasteiger partial charge in [-0.25, -0.2) is 4.79 Å². The lowest BCUT2D eigenvalue weighted by Crippen LogP contribution is -1.97. The highest BCUT2D eigenvalue weighted by molar-refractivity contribution is 9.10. The number of benzene rings is 1. The molecule has 106 valence electrons. The van der Waals surface area contributed by atoms with Crippen molar-refractivity contribution in [3.63, 3.8) is 0 Å². The van der Waals surface area contributed by atoms with E-state index < -0.39 is 5.97 Å². The Balaban J connectivity index is 2.34. The van der Waals surface area contributed by atoms with Gasteiger partial charge in [0.15, 0.2) is 0 Å². The van der Waals surface area contributed by atoms with Gasteiger partial charge in [-0.1, -0.05) is 47.1 Å². The van der Waals surface area contributed by atoms with Crippen LogP contribution in [-0.4, -0.2) is 16.2 Å². The number of aromatic carboxylic acids is 1. The lowest BCUT2D eigenvalue weighted by molar-refractivity contribution is 0.0652. The first-order chi connectivity index (χ1) is 9.56. The summed E-state index contributed by atoms with van der Waals surface area (Å²) in [5.74, 6) is -0.748. The van der Waals surface area contributed by atoms with Crippen molar-refractivity contribution in [1.29, 1.82) is 0 Å². The Labute approximate surface area is 125 Å². The molecule has 0 aliphatic heterocycles. The summed E-state index contributed by atoms with van der Waals surface area (Å²) in [6, 6.07) is 7.39. The van der Waals surface area contributed by atoms with Crippen LogP contribution in [0.2, 0.25) is 0 Å². The van der Waals surface area contributed by atoms with Crippen molar-refractivity contribution < 1.29 is 14.4 Å². The van der Waals surface area contributed by atoms with Crippen LogP contribution in [0.15, 0.2) is 33.3 Å². The minimum atomic E-state index is -1.11. The predicted octanol–water partition coefficient (Wildman–Crippen LogP) is 4.71. The van der Waals surface area contributed by atoms with Gasteiger partial charge in [-0.15, -0.1) is 0 Å². The molecule has 0 saturated heterocycles. The van der Waals surface area contributed by atoms with Gasteiger partial charge in [0.25, 0.3) is 0 Å². The van der Waals surface area contributed by atoms with Crippen LogP contribution in [0.1, 0.15) is 48.7 Å². The molecule has 0 unspecified atom stereocenters. The minimum Gasteiger partial charge on any atom is -0.475 e. The Hall–Kier alpha value is -1.62. The Morgan fingerprint density at radius 1 is 1.35 bits per heavy atom. The Bertz CT molecular complexity index is 617. The molecule has 20 heavy (non-hydrogen) atoms. The monoisotopic (exact) mass is 337 g/mol. The molecule has 0 saturated carbocycles. The van der Waals surface area contributed by atoms with Crippen molar-refractivity contribution in [3.8, 4) is 11.3 Å². The Kier molecular flexibility index (Phi) is 4.60. The van der Waals surface area contributed by atoms with E-state index >= 15 is 0 Å². The average Bonchev–Trinajstić information content (AvgIpc) is 2.91. The normalized spacial score (nSPS) is 11.0. The van der Waals surface area contributed by atoms with E-state index in [1.54, 1.807) is 0 Å². The zero-order chi connectivity index (χ0) is 14.7. The summed E-state index contributed by atoms with van der Waals surface area (Å²) in [5, 5.41) is 12.6. The molecule has 0 aliphatic carbocycles. The summed E-state index contributed by atoms with van der Waals surface area (Å²) in [6.45, 7) is 4.34.